The molecule has 1 fully saturated rings. The van der Waals surface area contributed by atoms with Gasteiger partial charge in [-0.1, -0.05) is 18.2 Å². The summed E-state index contributed by atoms with van der Waals surface area (Å²) < 4.78 is 1.40. The summed E-state index contributed by atoms with van der Waals surface area (Å²) in [5, 5.41) is 3.73. The van der Waals surface area contributed by atoms with Crippen molar-refractivity contribution in [1.82, 2.24) is 4.90 Å². The topological polar surface area (TPSA) is 29.3 Å². The molecule has 2 N–H and O–H groups in total. The number of fused-ring (bicyclic) bond motifs is 1. The lowest BCUT2D eigenvalue weighted by molar-refractivity contribution is 0.310. The number of likely N-dealkylation sites (tertiary alicyclic amines) is 1. The number of hydrogen-bond donors (Lipinski definition) is 1. The van der Waals surface area contributed by atoms with Gasteiger partial charge in [0.2, 0.25) is 0 Å². The number of rotatable bonds is 3. The Balaban J connectivity index is 0.00000133. The molecule has 0 aliphatic carbocycles. The zero-order valence-corrected chi connectivity index (χ0v) is 12.8. The zero-order valence-electron chi connectivity index (χ0n) is 11.2. The SMILES string of the molecule is CC(N)C1CCN(Cc2csc3ccccc23)C1.Cl. The third-order valence-corrected chi connectivity index (χ3v) is 5.02. The normalized spacial score (nSPS) is 21.5. The molecule has 0 radical (unpaired) electrons. The molecule has 104 valence electrons. The van der Waals surface area contributed by atoms with Gasteiger partial charge in [-0.15, -0.1) is 23.7 Å². The number of benzene rings is 1. The Labute approximate surface area is 125 Å². The maximum absolute atomic E-state index is 6.00. The van der Waals surface area contributed by atoms with Gasteiger partial charge in [0, 0.05) is 23.8 Å². The van der Waals surface area contributed by atoms with Crippen LogP contribution < -0.4 is 5.73 Å². The molecule has 0 amide bonds. The first kappa shape index (κ1) is 14.8. The maximum Gasteiger partial charge on any atom is 0.0346 e. The van der Waals surface area contributed by atoms with Crippen LogP contribution in [0.3, 0.4) is 0 Å². The van der Waals surface area contributed by atoms with E-state index >= 15 is 0 Å². The van der Waals surface area contributed by atoms with E-state index < -0.39 is 0 Å². The Morgan fingerprint density at radius 3 is 2.95 bits per heavy atom. The number of halogens is 1. The molecular formula is C15H21ClN2S. The van der Waals surface area contributed by atoms with Crippen molar-refractivity contribution in [3.63, 3.8) is 0 Å². The van der Waals surface area contributed by atoms with E-state index in [9.17, 15) is 0 Å². The predicted molar refractivity (Wildman–Crippen MR) is 86.1 cm³/mol. The molecule has 2 atom stereocenters. The van der Waals surface area contributed by atoms with Crippen LogP contribution in [-0.4, -0.2) is 24.0 Å². The molecule has 0 bridgehead atoms. The van der Waals surface area contributed by atoms with Crippen molar-refractivity contribution in [2.24, 2.45) is 11.7 Å². The van der Waals surface area contributed by atoms with Crippen LogP contribution in [-0.2, 0) is 6.54 Å². The van der Waals surface area contributed by atoms with Gasteiger partial charge in [-0.3, -0.25) is 4.90 Å². The van der Waals surface area contributed by atoms with Crippen LogP contribution in [0.25, 0.3) is 10.1 Å². The second-order valence-electron chi connectivity index (χ2n) is 5.40. The Kier molecular flexibility index (Phi) is 4.85. The second-order valence-corrected chi connectivity index (χ2v) is 6.31. The maximum atomic E-state index is 6.00. The molecule has 2 nitrogen and oxygen atoms in total. The molecule has 2 unspecified atom stereocenters. The highest BCUT2D eigenvalue weighted by Crippen LogP contribution is 2.28. The van der Waals surface area contributed by atoms with Gasteiger partial charge in [-0.25, -0.2) is 0 Å². The van der Waals surface area contributed by atoms with Crippen molar-refractivity contribution in [3.8, 4) is 0 Å². The molecule has 1 aromatic carbocycles. The van der Waals surface area contributed by atoms with Gasteiger partial charge in [-0.05, 0) is 48.2 Å². The third-order valence-electron chi connectivity index (χ3n) is 4.01. The van der Waals surface area contributed by atoms with Crippen LogP contribution in [0.15, 0.2) is 29.6 Å². The van der Waals surface area contributed by atoms with Gasteiger partial charge in [-0.2, -0.15) is 0 Å². The van der Waals surface area contributed by atoms with Crippen molar-refractivity contribution >= 4 is 33.8 Å². The minimum Gasteiger partial charge on any atom is -0.328 e. The molecule has 1 aliphatic rings. The molecule has 4 heteroatoms. The van der Waals surface area contributed by atoms with E-state index in [1.807, 2.05) is 11.3 Å². The minimum atomic E-state index is 0. The van der Waals surface area contributed by atoms with E-state index in [4.69, 9.17) is 5.73 Å². The standard InChI is InChI=1S/C15H20N2S.ClH/c1-11(16)12-6-7-17(8-12)9-13-10-18-15-5-3-2-4-14(13)15;/h2-5,10-12H,6-9,16H2,1H3;1H. The Bertz CT molecular complexity index is 538. The smallest absolute Gasteiger partial charge is 0.0346 e. The van der Waals surface area contributed by atoms with E-state index in [0.717, 1.165) is 13.1 Å². The van der Waals surface area contributed by atoms with Crippen LogP contribution in [0.1, 0.15) is 18.9 Å². The van der Waals surface area contributed by atoms with Crippen LogP contribution in [0.4, 0.5) is 0 Å². The minimum absolute atomic E-state index is 0. The van der Waals surface area contributed by atoms with Gasteiger partial charge >= 0.3 is 0 Å². The highest BCUT2D eigenvalue weighted by molar-refractivity contribution is 7.17. The Hall–Kier alpha value is -0.610. The van der Waals surface area contributed by atoms with Gasteiger partial charge in [0.15, 0.2) is 0 Å². The first-order chi connectivity index (χ1) is 8.74. The van der Waals surface area contributed by atoms with E-state index in [2.05, 4.69) is 41.5 Å². The van der Waals surface area contributed by atoms with Crippen molar-refractivity contribution in [3.05, 3.63) is 35.2 Å². The molecule has 3 rings (SSSR count). The third kappa shape index (κ3) is 3.11. The van der Waals surface area contributed by atoms with Gasteiger partial charge < -0.3 is 5.73 Å². The van der Waals surface area contributed by atoms with E-state index in [0.29, 0.717) is 12.0 Å². The van der Waals surface area contributed by atoms with Crippen molar-refractivity contribution in [1.29, 1.82) is 0 Å². The summed E-state index contributed by atoms with van der Waals surface area (Å²) in [6, 6.07) is 9.02. The molecule has 0 saturated carbocycles. The monoisotopic (exact) mass is 296 g/mol. The fraction of sp³-hybridized carbons (Fsp3) is 0.467. The lowest BCUT2D eigenvalue weighted by atomic mass is 10.0. The molecular weight excluding hydrogens is 276 g/mol. The summed E-state index contributed by atoms with van der Waals surface area (Å²) in [5.74, 6) is 0.676. The van der Waals surface area contributed by atoms with Crippen LogP contribution >= 0.6 is 23.7 Å². The summed E-state index contributed by atoms with van der Waals surface area (Å²) in [4.78, 5) is 2.54. The largest absolute Gasteiger partial charge is 0.328 e. The summed E-state index contributed by atoms with van der Waals surface area (Å²) >= 11 is 1.85. The van der Waals surface area contributed by atoms with E-state index in [1.54, 1.807) is 0 Å². The van der Waals surface area contributed by atoms with E-state index in [-0.39, 0.29) is 12.4 Å². The highest BCUT2D eigenvalue weighted by Gasteiger charge is 2.25. The zero-order chi connectivity index (χ0) is 12.5. The fourth-order valence-corrected chi connectivity index (χ4v) is 3.79. The Morgan fingerprint density at radius 2 is 2.21 bits per heavy atom. The molecule has 2 aromatic rings. The number of thiophene rings is 1. The fourth-order valence-electron chi connectivity index (χ4n) is 2.83. The van der Waals surface area contributed by atoms with Gasteiger partial charge in [0.05, 0.1) is 0 Å². The Morgan fingerprint density at radius 1 is 1.42 bits per heavy atom. The predicted octanol–water partition coefficient (Wildman–Crippen LogP) is 3.49. The molecule has 1 aromatic heterocycles. The average Bonchev–Trinajstić information content (AvgIpc) is 2.98. The van der Waals surface area contributed by atoms with Crippen molar-refractivity contribution in [2.45, 2.75) is 25.9 Å². The number of nitrogens with zero attached hydrogens (tertiary/aromatic N) is 1. The summed E-state index contributed by atoms with van der Waals surface area (Å²) in [7, 11) is 0. The number of hydrogen-bond acceptors (Lipinski definition) is 3. The lowest BCUT2D eigenvalue weighted by Gasteiger charge is -2.17. The molecule has 19 heavy (non-hydrogen) atoms. The van der Waals surface area contributed by atoms with Crippen LogP contribution in [0.2, 0.25) is 0 Å². The first-order valence-electron chi connectivity index (χ1n) is 6.67. The van der Waals surface area contributed by atoms with Gasteiger partial charge in [0.25, 0.3) is 0 Å². The average molecular weight is 297 g/mol. The molecule has 1 saturated heterocycles. The summed E-state index contributed by atoms with van der Waals surface area (Å²) in [5.41, 5.74) is 7.47. The molecule has 1 aliphatic heterocycles. The first-order valence-corrected chi connectivity index (χ1v) is 7.55. The van der Waals surface area contributed by atoms with Crippen LogP contribution in [0.5, 0.6) is 0 Å². The van der Waals surface area contributed by atoms with Gasteiger partial charge in [0.1, 0.15) is 0 Å². The van der Waals surface area contributed by atoms with Crippen molar-refractivity contribution in [2.75, 3.05) is 13.1 Å². The summed E-state index contributed by atoms with van der Waals surface area (Å²) in [6.45, 7) is 5.56. The molecule has 0 spiro atoms. The second kappa shape index (κ2) is 6.23. The van der Waals surface area contributed by atoms with Crippen molar-refractivity contribution < 1.29 is 0 Å². The number of nitrogens with two attached hydrogens (primary N) is 1. The summed E-state index contributed by atoms with van der Waals surface area (Å²) in [6.07, 6.45) is 1.25. The quantitative estimate of drug-likeness (QED) is 0.939. The van der Waals surface area contributed by atoms with Crippen LogP contribution in [0, 0.1) is 5.92 Å². The molecule has 2 heterocycles. The lowest BCUT2D eigenvalue weighted by Crippen LogP contribution is -2.29. The van der Waals surface area contributed by atoms with E-state index in [1.165, 1.54) is 28.6 Å². The highest BCUT2D eigenvalue weighted by atomic mass is 35.5.